The Morgan fingerprint density at radius 1 is 1.53 bits per heavy atom. The van der Waals surface area contributed by atoms with Gasteiger partial charge < -0.3 is 9.30 Å². The minimum absolute atomic E-state index is 0.00208. The predicted molar refractivity (Wildman–Crippen MR) is 70.0 cm³/mol. The molecule has 0 aliphatic rings. The van der Waals surface area contributed by atoms with E-state index in [9.17, 15) is 4.79 Å². The van der Waals surface area contributed by atoms with Crippen LogP contribution in [0.25, 0.3) is 0 Å². The molecule has 1 rings (SSSR count). The van der Waals surface area contributed by atoms with Gasteiger partial charge in [-0.25, -0.2) is 0 Å². The zero-order valence-corrected chi connectivity index (χ0v) is 11.7. The highest BCUT2D eigenvalue weighted by molar-refractivity contribution is 6.33. The third-order valence-electron chi connectivity index (χ3n) is 2.93. The molecule has 17 heavy (non-hydrogen) atoms. The van der Waals surface area contributed by atoms with Crippen LogP contribution < -0.4 is 0 Å². The van der Waals surface area contributed by atoms with Crippen LogP contribution in [0.3, 0.4) is 0 Å². The topological polar surface area (TPSA) is 31.2 Å². The Bertz CT molecular complexity index is 396. The maximum absolute atomic E-state index is 11.9. The van der Waals surface area contributed by atoms with Gasteiger partial charge in [0.15, 0.2) is 5.78 Å². The molecule has 0 radical (unpaired) electrons. The molecule has 0 N–H and O–H groups in total. The minimum atomic E-state index is -0.470. The molecule has 1 atom stereocenters. The van der Waals surface area contributed by atoms with E-state index in [4.69, 9.17) is 16.3 Å². The van der Waals surface area contributed by atoms with E-state index in [1.54, 1.807) is 14.0 Å². The van der Waals surface area contributed by atoms with Gasteiger partial charge in [-0.05, 0) is 33.3 Å². The number of Topliss-reactive ketones (excluding diaryl/α,β-unsaturated/α-hetero) is 1. The molecule has 4 heteroatoms. The zero-order chi connectivity index (χ0) is 13.0. The van der Waals surface area contributed by atoms with Crippen molar-refractivity contribution in [1.82, 2.24) is 4.57 Å². The summed E-state index contributed by atoms with van der Waals surface area (Å²) in [6.07, 6.45) is 0.941. The molecular weight excluding hydrogens is 238 g/mol. The van der Waals surface area contributed by atoms with Crippen molar-refractivity contribution in [3.05, 3.63) is 23.0 Å². The first-order valence-corrected chi connectivity index (χ1v) is 6.26. The summed E-state index contributed by atoms with van der Waals surface area (Å²) >= 11 is 5.84. The van der Waals surface area contributed by atoms with Gasteiger partial charge in [0.1, 0.15) is 0 Å². The SMILES string of the molecule is COCCCn1c(C)cc(C(=O)C(C)Cl)c1C. The Morgan fingerprint density at radius 2 is 2.18 bits per heavy atom. The van der Waals surface area contributed by atoms with Crippen LogP contribution in [0.5, 0.6) is 0 Å². The van der Waals surface area contributed by atoms with Crippen molar-refractivity contribution < 1.29 is 9.53 Å². The lowest BCUT2D eigenvalue weighted by molar-refractivity contribution is 0.0991. The Kier molecular flexibility index (Phi) is 5.22. The Labute approximate surface area is 108 Å². The molecule has 0 spiro atoms. The largest absolute Gasteiger partial charge is 0.385 e. The van der Waals surface area contributed by atoms with Crippen molar-refractivity contribution in [3.8, 4) is 0 Å². The molecular formula is C13H20ClNO2. The quantitative estimate of drug-likeness (QED) is 0.446. The number of halogens is 1. The number of alkyl halides is 1. The molecule has 0 aromatic carbocycles. The smallest absolute Gasteiger partial charge is 0.182 e. The molecule has 1 aromatic rings. The number of nitrogens with zero attached hydrogens (tertiary/aromatic N) is 1. The van der Waals surface area contributed by atoms with Crippen LogP contribution in [0.4, 0.5) is 0 Å². The first-order chi connectivity index (χ1) is 7.99. The maximum atomic E-state index is 11.9. The Hall–Kier alpha value is -0.800. The van der Waals surface area contributed by atoms with Gasteiger partial charge in [0.2, 0.25) is 0 Å². The molecule has 96 valence electrons. The van der Waals surface area contributed by atoms with E-state index in [2.05, 4.69) is 4.57 Å². The van der Waals surface area contributed by atoms with Gasteiger partial charge in [-0.2, -0.15) is 0 Å². The molecule has 0 fully saturated rings. The fourth-order valence-electron chi connectivity index (χ4n) is 1.98. The summed E-state index contributed by atoms with van der Waals surface area (Å²) in [5, 5.41) is -0.470. The van der Waals surface area contributed by atoms with Crippen molar-refractivity contribution in [2.45, 2.75) is 39.1 Å². The molecule has 0 amide bonds. The van der Waals surface area contributed by atoms with E-state index in [0.717, 1.165) is 36.5 Å². The fourth-order valence-corrected chi connectivity index (χ4v) is 2.09. The number of hydrogen-bond acceptors (Lipinski definition) is 2. The number of rotatable bonds is 6. The lowest BCUT2D eigenvalue weighted by Crippen LogP contribution is -2.12. The van der Waals surface area contributed by atoms with Gasteiger partial charge in [0, 0.05) is 37.2 Å². The highest BCUT2D eigenvalue weighted by Crippen LogP contribution is 2.18. The Balaban J connectivity index is 2.90. The minimum Gasteiger partial charge on any atom is -0.385 e. The average Bonchev–Trinajstić information content (AvgIpc) is 2.55. The van der Waals surface area contributed by atoms with Crippen LogP contribution in [-0.4, -0.2) is 29.4 Å². The molecule has 3 nitrogen and oxygen atoms in total. The van der Waals surface area contributed by atoms with Crippen molar-refractivity contribution in [2.75, 3.05) is 13.7 Å². The number of hydrogen-bond donors (Lipinski definition) is 0. The van der Waals surface area contributed by atoms with Gasteiger partial charge in [0.25, 0.3) is 0 Å². The van der Waals surface area contributed by atoms with E-state index in [0.29, 0.717) is 0 Å². The monoisotopic (exact) mass is 257 g/mol. The van der Waals surface area contributed by atoms with E-state index in [-0.39, 0.29) is 5.78 Å². The van der Waals surface area contributed by atoms with Crippen molar-refractivity contribution in [3.63, 3.8) is 0 Å². The highest BCUT2D eigenvalue weighted by atomic mass is 35.5. The number of aromatic nitrogens is 1. The molecule has 0 saturated carbocycles. The van der Waals surface area contributed by atoms with Crippen LogP contribution in [-0.2, 0) is 11.3 Å². The summed E-state index contributed by atoms with van der Waals surface area (Å²) in [4.78, 5) is 11.9. The molecule has 0 saturated heterocycles. The Morgan fingerprint density at radius 3 is 2.71 bits per heavy atom. The molecule has 0 bridgehead atoms. The van der Waals surface area contributed by atoms with Crippen LogP contribution in [0.1, 0.15) is 35.1 Å². The normalized spacial score (nSPS) is 12.8. The second kappa shape index (κ2) is 6.22. The number of ketones is 1. The van der Waals surface area contributed by atoms with Gasteiger partial charge >= 0.3 is 0 Å². The number of carbonyl (C=O) groups excluding carboxylic acids is 1. The van der Waals surface area contributed by atoms with Gasteiger partial charge in [-0.15, -0.1) is 11.6 Å². The van der Waals surface area contributed by atoms with Crippen molar-refractivity contribution in [2.24, 2.45) is 0 Å². The van der Waals surface area contributed by atoms with Crippen LogP contribution in [0, 0.1) is 13.8 Å². The maximum Gasteiger partial charge on any atom is 0.182 e. The molecule has 0 aliphatic heterocycles. The average molecular weight is 258 g/mol. The number of aryl methyl sites for hydroxylation is 1. The summed E-state index contributed by atoms with van der Waals surface area (Å²) in [6, 6.07) is 1.92. The first-order valence-electron chi connectivity index (χ1n) is 5.83. The molecule has 0 aliphatic carbocycles. The summed E-state index contributed by atoms with van der Waals surface area (Å²) in [6.45, 7) is 7.28. The third-order valence-corrected chi connectivity index (χ3v) is 3.13. The molecule has 1 unspecified atom stereocenters. The summed E-state index contributed by atoms with van der Waals surface area (Å²) in [7, 11) is 1.69. The van der Waals surface area contributed by atoms with Crippen LogP contribution in [0.15, 0.2) is 6.07 Å². The fraction of sp³-hybridized carbons (Fsp3) is 0.615. The lowest BCUT2D eigenvalue weighted by atomic mass is 10.1. The zero-order valence-electron chi connectivity index (χ0n) is 10.9. The van der Waals surface area contributed by atoms with E-state index in [1.165, 1.54) is 0 Å². The second-order valence-corrected chi connectivity index (χ2v) is 4.92. The number of carbonyl (C=O) groups is 1. The number of methoxy groups -OCH3 is 1. The predicted octanol–water partition coefficient (Wildman–Crippen LogP) is 2.95. The summed E-state index contributed by atoms with van der Waals surface area (Å²) in [5.74, 6) is -0.00208. The lowest BCUT2D eigenvalue weighted by Gasteiger charge is -2.09. The first kappa shape index (κ1) is 14.3. The van der Waals surface area contributed by atoms with Crippen molar-refractivity contribution >= 4 is 17.4 Å². The van der Waals surface area contributed by atoms with Gasteiger partial charge in [0.05, 0.1) is 5.38 Å². The van der Waals surface area contributed by atoms with Gasteiger partial charge in [-0.1, -0.05) is 0 Å². The van der Waals surface area contributed by atoms with Crippen molar-refractivity contribution in [1.29, 1.82) is 0 Å². The third kappa shape index (κ3) is 3.33. The standard InChI is InChI=1S/C13H20ClNO2/c1-9-8-12(13(16)10(2)14)11(3)15(9)6-5-7-17-4/h8,10H,5-7H2,1-4H3. The summed E-state index contributed by atoms with van der Waals surface area (Å²) in [5.41, 5.74) is 2.83. The molecule has 1 aromatic heterocycles. The van der Waals surface area contributed by atoms with Crippen LogP contribution in [0.2, 0.25) is 0 Å². The number of ether oxygens (including phenoxy) is 1. The summed E-state index contributed by atoms with van der Waals surface area (Å²) < 4.78 is 7.18. The van der Waals surface area contributed by atoms with E-state index in [1.807, 2.05) is 19.9 Å². The second-order valence-electron chi connectivity index (χ2n) is 4.26. The van der Waals surface area contributed by atoms with E-state index >= 15 is 0 Å². The van der Waals surface area contributed by atoms with Crippen LogP contribution >= 0.6 is 11.6 Å². The van der Waals surface area contributed by atoms with E-state index < -0.39 is 5.38 Å². The van der Waals surface area contributed by atoms with Gasteiger partial charge in [-0.3, -0.25) is 4.79 Å². The highest BCUT2D eigenvalue weighted by Gasteiger charge is 2.18. The molecule has 1 heterocycles.